The Hall–Kier alpha value is -1.10. The summed E-state index contributed by atoms with van der Waals surface area (Å²) in [4.78, 5) is 22.4. The zero-order valence-corrected chi connectivity index (χ0v) is 10.6. The third-order valence-electron chi connectivity index (χ3n) is 2.54. The van der Waals surface area contributed by atoms with Crippen molar-refractivity contribution < 1.29 is 9.59 Å². The van der Waals surface area contributed by atoms with Gasteiger partial charge < -0.3 is 16.4 Å². The van der Waals surface area contributed by atoms with Crippen molar-refractivity contribution in [3.8, 4) is 0 Å². The van der Waals surface area contributed by atoms with Gasteiger partial charge in [0, 0.05) is 12.6 Å². The fraction of sp³-hybridized carbons (Fsp3) is 0.818. The van der Waals surface area contributed by atoms with Crippen LogP contribution in [0.4, 0.5) is 0 Å². The second-order valence-electron chi connectivity index (χ2n) is 4.73. The highest BCUT2D eigenvalue weighted by Gasteiger charge is 2.24. The van der Waals surface area contributed by atoms with Crippen LogP contribution in [0.1, 0.15) is 34.1 Å². The van der Waals surface area contributed by atoms with Crippen molar-refractivity contribution in [2.75, 3.05) is 13.1 Å². The van der Waals surface area contributed by atoms with E-state index in [1.165, 1.54) is 0 Å². The molecule has 0 aromatic carbocycles. The second-order valence-corrected chi connectivity index (χ2v) is 4.73. The summed E-state index contributed by atoms with van der Waals surface area (Å²) in [6, 6.07) is 0.179. The summed E-state index contributed by atoms with van der Waals surface area (Å²) in [7, 11) is 0. The van der Waals surface area contributed by atoms with E-state index < -0.39 is 5.41 Å². The normalized spacial score (nSPS) is 13.2. The zero-order valence-electron chi connectivity index (χ0n) is 10.6. The molecule has 0 heterocycles. The van der Waals surface area contributed by atoms with Gasteiger partial charge in [-0.15, -0.1) is 0 Å². The van der Waals surface area contributed by atoms with E-state index in [9.17, 15) is 9.59 Å². The van der Waals surface area contributed by atoms with Gasteiger partial charge in [-0.3, -0.25) is 9.59 Å². The number of amides is 2. The summed E-state index contributed by atoms with van der Waals surface area (Å²) < 4.78 is 0. The molecule has 0 spiro atoms. The third-order valence-corrected chi connectivity index (χ3v) is 2.54. The maximum atomic E-state index is 11.4. The maximum absolute atomic E-state index is 11.4. The number of nitrogens with one attached hydrogen (secondary N) is 2. The minimum absolute atomic E-state index is 0.0605. The van der Waals surface area contributed by atoms with Gasteiger partial charge in [0.05, 0.1) is 12.0 Å². The first-order valence-electron chi connectivity index (χ1n) is 5.59. The summed E-state index contributed by atoms with van der Waals surface area (Å²) in [6.45, 7) is 8.06. The summed E-state index contributed by atoms with van der Waals surface area (Å²) in [5, 5.41) is 5.75. The Bertz CT molecular complexity index is 252. The standard InChI is InChI=1S/C11H23N3O2/c1-5-8(2)14-9(15)6-13-7-11(3,4)10(12)16/h8,13H,5-7H2,1-4H3,(H2,12,16)(H,14,15). The number of carbonyl (C=O) groups excluding carboxylic acids is 2. The molecule has 1 atom stereocenters. The van der Waals surface area contributed by atoms with Crippen molar-refractivity contribution in [2.45, 2.75) is 40.2 Å². The lowest BCUT2D eigenvalue weighted by atomic mass is 9.93. The number of rotatable bonds is 7. The summed E-state index contributed by atoms with van der Waals surface area (Å²) >= 11 is 0. The molecule has 94 valence electrons. The third kappa shape index (κ3) is 5.70. The van der Waals surface area contributed by atoms with Gasteiger partial charge in [0.25, 0.3) is 0 Å². The van der Waals surface area contributed by atoms with Gasteiger partial charge in [0.2, 0.25) is 11.8 Å². The molecule has 0 aliphatic carbocycles. The number of nitrogens with two attached hydrogens (primary N) is 1. The molecule has 0 bridgehead atoms. The van der Waals surface area contributed by atoms with E-state index in [2.05, 4.69) is 10.6 Å². The van der Waals surface area contributed by atoms with E-state index in [-0.39, 0.29) is 24.4 Å². The van der Waals surface area contributed by atoms with Crippen molar-refractivity contribution >= 4 is 11.8 Å². The van der Waals surface area contributed by atoms with E-state index in [1.54, 1.807) is 13.8 Å². The zero-order chi connectivity index (χ0) is 12.8. The average molecular weight is 229 g/mol. The van der Waals surface area contributed by atoms with Crippen LogP contribution in [-0.4, -0.2) is 30.9 Å². The van der Waals surface area contributed by atoms with Crippen molar-refractivity contribution in [1.29, 1.82) is 0 Å². The van der Waals surface area contributed by atoms with E-state index in [1.807, 2.05) is 13.8 Å². The molecular formula is C11H23N3O2. The Balaban J connectivity index is 3.82. The van der Waals surface area contributed by atoms with Crippen LogP contribution in [0.3, 0.4) is 0 Å². The Morgan fingerprint density at radius 1 is 1.38 bits per heavy atom. The predicted molar refractivity (Wildman–Crippen MR) is 63.7 cm³/mol. The van der Waals surface area contributed by atoms with Crippen molar-refractivity contribution in [1.82, 2.24) is 10.6 Å². The monoisotopic (exact) mass is 229 g/mol. The topological polar surface area (TPSA) is 84.2 Å². The highest BCUT2D eigenvalue weighted by molar-refractivity contribution is 5.80. The first-order chi connectivity index (χ1) is 7.29. The van der Waals surface area contributed by atoms with Gasteiger partial charge in [-0.25, -0.2) is 0 Å². The largest absolute Gasteiger partial charge is 0.369 e. The van der Waals surface area contributed by atoms with Gasteiger partial charge in [-0.05, 0) is 27.2 Å². The number of carbonyl (C=O) groups is 2. The fourth-order valence-corrected chi connectivity index (χ4v) is 1.00. The van der Waals surface area contributed by atoms with E-state index >= 15 is 0 Å². The van der Waals surface area contributed by atoms with E-state index in [4.69, 9.17) is 5.73 Å². The molecule has 5 nitrogen and oxygen atoms in total. The molecule has 0 fully saturated rings. The molecule has 0 rings (SSSR count). The van der Waals surface area contributed by atoms with Gasteiger partial charge >= 0.3 is 0 Å². The van der Waals surface area contributed by atoms with Gasteiger partial charge in [-0.2, -0.15) is 0 Å². The molecular weight excluding hydrogens is 206 g/mol. The van der Waals surface area contributed by atoms with Crippen LogP contribution in [0, 0.1) is 5.41 Å². The highest BCUT2D eigenvalue weighted by atomic mass is 16.2. The number of hydrogen-bond donors (Lipinski definition) is 3. The van der Waals surface area contributed by atoms with Crippen LogP contribution in [0.2, 0.25) is 0 Å². The fourth-order valence-electron chi connectivity index (χ4n) is 1.00. The van der Waals surface area contributed by atoms with Crippen molar-refractivity contribution in [3.63, 3.8) is 0 Å². The van der Waals surface area contributed by atoms with Crippen molar-refractivity contribution in [3.05, 3.63) is 0 Å². The van der Waals surface area contributed by atoms with Crippen LogP contribution in [0.25, 0.3) is 0 Å². The molecule has 0 saturated carbocycles. The smallest absolute Gasteiger partial charge is 0.234 e. The quantitative estimate of drug-likeness (QED) is 0.574. The van der Waals surface area contributed by atoms with E-state index in [0.29, 0.717) is 6.54 Å². The highest BCUT2D eigenvalue weighted by Crippen LogP contribution is 2.11. The first-order valence-corrected chi connectivity index (χ1v) is 5.59. The number of hydrogen-bond acceptors (Lipinski definition) is 3. The SMILES string of the molecule is CCC(C)NC(=O)CNCC(C)(C)C(N)=O. The molecule has 0 aromatic heterocycles. The van der Waals surface area contributed by atoms with Crippen LogP contribution in [0.15, 0.2) is 0 Å². The van der Waals surface area contributed by atoms with Crippen LogP contribution < -0.4 is 16.4 Å². The van der Waals surface area contributed by atoms with Gasteiger partial charge in [-0.1, -0.05) is 6.92 Å². The predicted octanol–water partition coefficient (Wildman–Crippen LogP) is 0.00220. The molecule has 0 aliphatic heterocycles. The van der Waals surface area contributed by atoms with Crippen LogP contribution >= 0.6 is 0 Å². The minimum Gasteiger partial charge on any atom is -0.369 e. The summed E-state index contributed by atoms with van der Waals surface area (Å²) in [6.07, 6.45) is 0.901. The molecule has 16 heavy (non-hydrogen) atoms. The van der Waals surface area contributed by atoms with Crippen LogP contribution in [-0.2, 0) is 9.59 Å². The molecule has 4 N–H and O–H groups in total. The van der Waals surface area contributed by atoms with Gasteiger partial charge in [0.1, 0.15) is 0 Å². The molecule has 0 aromatic rings. The minimum atomic E-state index is -0.628. The lowest BCUT2D eigenvalue weighted by Crippen LogP contribution is -2.44. The van der Waals surface area contributed by atoms with E-state index in [0.717, 1.165) is 6.42 Å². The molecule has 5 heteroatoms. The summed E-state index contributed by atoms with van der Waals surface area (Å²) in [5.74, 6) is -0.433. The molecule has 0 saturated heterocycles. The first kappa shape index (κ1) is 14.9. The summed E-state index contributed by atoms with van der Waals surface area (Å²) in [5.41, 5.74) is 4.58. The Labute approximate surface area is 97.2 Å². The second kappa shape index (κ2) is 6.48. The molecule has 1 unspecified atom stereocenters. The Kier molecular flexibility index (Phi) is 6.03. The van der Waals surface area contributed by atoms with Crippen LogP contribution in [0.5, 0.6) is 0 Å². The number of primary amides is 1. The molecule has 2 amide bonds. The van der Waals surface area contributed by atoms with Crippen molar-refractivity contribution in [2.24, 2.45) is 11.1 Å². The Morgan fingerprint density at radius 3 is 2.38 bits per heavy atom. The lowest BCUT2D eigenvalue weighted by molar-refractivity contribution is -0.126. The molecule has 0 aliphatic rings. The maximum Gasteiger partial charge on any atom is 0.234 e. The molecule has 0 radical (unpaired) electrons. The lowest BCUT2D eigenvalue weighted by Gasteiger charge is -2.21. The van der Waals surface area contributed by atoms with Gasteiger partial charge in [0.15, 0.2) is 0 Å². The average Bonchev–Trinajstić information content (AvgIpc) is 2.16. The Morgan fingerprint density at radius 2 is 1.94 bits per heavy atom.